The number of nitrogens with zero attached hydrogens (tertiary/aromatic N) is 1. The first-order valence-corrected chi connectivity index (χ1v) is 5.15. The van der Waals surface area contributed by atoms with Crippen LogP contribution in [0, 0.1) is 13.8 Å². The molecule has 0 spiro atoms. The third-order valence-corrected chi connectivity index (χ3v) is 2.36. The molecule has 3 nitrogen and oxygen atoms in total. The van der Waals surface area contributed by atoms with Gasteiger partial charge >= 0.3 is 0 Å². The van der Waals surface area contributed by atoms with Gasteiger partial charge in [-0.1, -0.05) is 6.07 Å². The first-order chi connectivity index (χ1) is 7.00. The predicted octanol–water partition coefficient (Wildman–Crippen LogP) is 1.83. The van der Waals surface area contributed by atoms with Gasteiger partial charge in [0.05, 0.1) is 0 Å². The number of hydrogen-bond acceptors (Lipinski definition) is 3. The maximum absolute atomic E-state index is 5.83. The van der Waals surface area contributed by atoms with Gasteiger partial charge in [0.15, 0.2) is 0 Å². The third kappa shape index (κ3) is 3.44. The van der Waals surface area contributed by atoms with Crippen LogP contribution in [0.25, 0.3) is 0 Å². The number of hydrogen-bond donors (Lipinski definition) is 1. The highest BCUT2D eigenvalue weighted by molar-refractivity contribution is 5.54. The fourth-order valence-electron chi connectivity index (χ4n) is 1.34. The quantitative estimate of drug-likeness (QED) is 0.767. The lowest BCUT2D eigenvalue weighted by Crippen LogP contribution is -2.19. The van der Waals surface area contributed by atoms with Gasteiger partial charge in [0, 0.05) is 18.3 Å². The summed E-state index contributed by atoms with van der Waals surface area (Å²) in [5.41, 5.74) is 8.87. The van der Waals surface area contributed by atoms with E-state index in [-0.39, 0.29) is 0 Å². The Balaban J connectivity index is 2.65. The van der Waals surface area contributed by atoms with Crippen molar-refractivity contribution >= 4 is 5.69 Å². The lowest BCUT2D eigenvalue weighted by atomic mass is 10.1. The smallest absolute Gasteiger partial charge is 0.124 e. The van der Waals surface area contributed by atoms with Gasteiger partial charge in [0.1, 0.15) is 12.4 Å². The highest BCUT2D eigenvalue weighted by Crippen LogP contribution is 2.24. The monoisotopic (exact) mass is 208 g/mol. The van der Waals surface area contributed by atoms with Crippen LogP contribution in [0.4, 0.5) is 5.69 Å². The summed E-state index contributed by atoms with van der Waals surface area (Å²) in [6.07, 6.45) is 0. The van der Waals surface area contributed by atoms with Gasteiger partial charge in [-0.2, -0.15) is 0 Å². The third-order valence-electron chi connectivity index (χ3n) is 2.36. The van der Waals surface area contributed by atoms with E-state index in [1.807, 2.05) is 34.0 Å². The summed E-state index contributed by atoms with van der Waals surface area (Å²) in [6.45, 7) is 5.65. The van der Waals surface area contributed by atoms with Gasteiger partial charge in [0.2, 0.25) is 0 Å². The summed E-state index contributed by atoms with van der Waals surface area (Å²) in [5.74, 6) is 0.889. The molecule has 84 valence electrons. The molecule has 0 bridgehead atoms. The molecule has 0 heterocycles. The van der Waals surface area contributed by atoms with Crippen LogP contribution in [0.5, 0.6) is 5.75 Å². The predicted molar refractivity (Wildman–Crippen MR) is 64.4 cm³/mol. The van der Waals surface area contributed by atoms with Crippen molar-refractivity contribution in [2.75, 3.05) is 33.0 Å². The summed E-state index contributed by atoms with van der Waals surface area (Å²) in [4.78, 5) is 2.09. The van der Waals surface area contributed by atoms with E-state index in [0.717, 1.165) is 29.1 Å². The Morgan fingerprint density at radius 1 is 1.20 bits per heavy atom. The van der Waals surface area contributed by atoms with Crippen molar-refractivity contribution in [1.29, 1.82) is 0 Å². The van der Waals surface area contributed by atoms with E-state index in [4.69, 9.17) is 10.5 Å². The molecule has 1 aromatic rings. The average Bonchev–Trinajstić information content (AvgIpc) is 2.13. The van der Waals surface area contributed by atoms with E-state index in [2.05, 4.69) is 11.0 Å². The zero-order valence-corrected chi connectivity index (χ0v) is 10.0. The molecule has 0 saturated carbocycles. The molecule has 2 N–H and O–H groups in total. The van der Waals surface area contributed by atoms with Gasteiger partial charge in [-0.3, -0.25) is 0 Å². The molecule has 0 aromatic heterocycles. The summed E-state index contributed by atoms with van der Waals surface area (Å²) in [5, 5.41) is 0. The van der Waals surface area contributed by atoms with Crippen LogP contribution < -0.4 is 10.5 Å². The molecule has 15 heavy (non-hydrogen) atoms. The van der Waals surface area contributed by atoms with Crippen molar-refractivity contribution in [1.82, 2.24) is 4.90 Å². The van der Waals surface area contributed by atoms with Gasteiger partial charge in [0.25, 0.3) is 0 Å². The molecule has 1 rings (SSSR count). The van der Waals surface area contributed by atoms with Crippen LogP contribution in [-0.4, -0.2) is 32.1 Å². The lowest BCUT2D eigenvalue weighted by Gasteiger charge is -2.14. The number of likely N-dealkylation sites (N-methyl/N-ethyl adjacent to an activating group) is 1. The van der Waals surface area contributed by atoms with E-state index in [9.17, 15) is 0 Å². The van der Waals surface area contributed by atoms with Crippen LogP contribution in [0.1, 0.15) is 11.1 Å². The standard InChI is InChI=1S/C12H20N2O/c1-9-7-10(2)12(8-11(9)13)15-6-5-14(3)4/h7-8H,5-6,13H2,1-4H3. The molecule has 0 radical (unpaired) electrons. The molecule has 0 unspecified atom stereocenters. The maximum Gasteiger partial charge on any atom is 0.124 e. The minimum absolute atomic E-state index is 0.691. The molecule has 0 aliphatic rings. The van der Waals surface area contributed by atoms with Crippen molar-refractivity contribution < 1.29 is 4.74 Å². The first kappa shape index (κ1) is 11.9. The van der Waals surface area contributed by atoms with Crippen molar-refractivity contribution in [2.45, 2.75) is 13.8 Å². The largest absolute Gasteiger partial charge is 0.492 e. The summed E-state index contributed by atoms with van der Waals surface area (Å²) >= 11 is 0. The van der Waals surface area contributed by atoms with Gasteiger partial charge < -0.3 is 15.4 Å². The second kappa shape index (κ2) is 5.03. The van der Waals surface area contributed by atoms with E-state index >= 15 is 0 Å². The zero-order chi connectivity index (χ0) is 11.4. The Morgan fingerprint density at radius 2 is 1.87 bits per heavy atom. The number of nitrogen functional groups attached to an aromatic ring is 1. The van der Waals surface area contributed by atoms with E-state index in [1.54, 1.807) is 0 Å². The van der Waals surface area contributed by atoms with Crippen molar-refractivity contribution in [3.05, 3.63) is 23.3 Å². The van der Waals surface area contributed by atoms with Gasteiger partial charge in [-0.25, -0.2) is 0 Å². The Bertz CT molecular complexity index is 335. The van der Waals surface area contributed by atoms with Crippen LogP contribution >= 0.6 is 0 Å². The minimum Gasteiger partial charge on any atom is -0.492 e. The van der Waals surface area contributed by atoms with Crippen LogP contribution in [0.3, 0.4) is 0 Å². The number of anilines is 1. The summed E-state index contributed by atoms with van der Waals surface area (Å²) in [6, 6.07) is 3.96. The minimum atomic E-state index is 0.691. The molecule has 0 aliphatic heterocycles. The topological polar surface area (TPSA) is 38.5 Å². The average molecular weight is 208 g/mol. The molecule has 0 fully saturated rings. The van der Waals surface area contributed by atoms with E-state index in [1.165, 1.54) is 0 Å². The highest BCUT2D eigenvalue weighted by Gasteiger charge is 2.03. The number of ether oxygens (including phenoxy) is 1. The van der Waals surface area contributed by atoms with Crippen LogP contribution in [-0.2, 0) is 0 Å². The Hall–Kier alpha value is -1.22. The molecule has 0 aliphatic carbocycles. The van der Waals surface area contributed by atoms with Crippen molar-refractivity contribution in [3.63, 3.8) is 0 Å². The molecule has 1 aromatic carbocycles. The number of benzene rings is 1. The fourth-order valence-corrected chi connectivity index (χ4v) is 1.34. The van der Waals surface area contributed by atoms with Gasteiger partial charge in [-0.15, -0.1) is 0 Å². The molecule has 0 amide bonds. The Morgan fingerprint density at radius 3 is 2.47 bits per heavy atom. The fraction of sp³-hybridized carbons (Fsp3) is 0.500. The molecule has 0 saturated heterocycles. The molecular formula is C12H20N2O. The normalized spacial score (nSPS) is 10.7. The maximum atomic E-state index is 5.83. The number of aryl methyl sites for hydroxylation is 2. The second-order valence-corrected chi connectivity index (χ2v) is 4.13. The number of rotatable bonds is 4. The van der Waals surface area contributed by atoms with Crippen molar-refractivity contribution in [3.8, 4) is 5.75 Å². The van der Waals surface area contributed by atoms with Crippen LogP contribution in [0.2, 0.25) is 0 Å². The molecular weight excluding hydrogens is 188 g/mol. The highest BCUT2D eigenvalue weighted by atomic mass is 16.5. The lowest BCUT2D eigenvalue weighted by molar-refractivity contribution is 0.260. The molecule has 0 atom stereocenters. The van der Waals surface area contributed by atoms with E-state index in [0.29, 0.717) is 6.61 Å². The summed E-state index contributed by atoms with van der Waals surface area (Å²) < 4.78 is 5.66. The van der Waals surface area contributed by atoms with Gasteiger partial charge in [-0.05, 0) is 39.1 Å². The SMILES string of the molecule is Cc1cc(C)c(OCCN(C)C)cc1N. The Kier molecular flexibility index (Phi) is 3.97. The number of nitrogens with two attached hydrogens (primary N) is 1. The Labute approximate surface area is 91.8 Å². The second-order valence-electron chi connectivity index (χ2n) is 4.13. The van der Waals surface area contributed by atoms with Crippen LogP contribution in [0.15, 0.2) is 12.1 Å². The first-order valence-electron chi connectivity index (χ1n) is 5.15. The van der Waals surface area contributed by atoms with E-state index < -0.39 is 0 Å². The molecule has 3 heteroatoms. The zero-order valence-electron chi connectivity index (χ0n) is 10.0. The van der Waals surface area contributed by atoms with Crippen molar-refractivity contribution in [2.24, 2.45) is 0 Å². The summed E-state index contributed by atoms with van der Waals surface area (Å²) in [7, 11) is 4.05.